The lowest BCUT2D eigenvalue weighted by Crippen LogP contribution is -2.49. The molecule has 116 valence electrons. The van der Waals surface area contributed by atoms with Crippen LogP contribution in [-0.4, -0.2) is 24.0 Å². The molecule has 0 bridgehead atoms. The minimum atomic E-state index is 0.328. The second-order valence-corrected chi connectivity index (χ2v) is 7.16. The lowest BCUT2D eigenvalue weighted by atomic mass is 9.77. The van der Waals surface area contributed by atoms with Crippen LogP contribution >= 0.6 is 11.6 Å². The van der Waals surface area contributed by atoms with E-state index in [-0.39, 0.29) is 0 Å². The maximum absolute atomic E-state index is 6.33. The standard InChI is InChI=1S/C18H27ClN2/c1-13-8-9-15(11-16(13)19)18(12-20)21-10-4-6-14-5-2-3-7-17(14)21/h8-9,11,14,17-18H,2-7,10,12,20H2,1H3/t14-,17-,18?/m1/s1. The van der Waals surface area contributed by atoms with E-state index >= 15 is 0 Å². The third-order valence-corrected chi connectivity index (χ3v) is 5.90. The van der Waals surface area contributed by atoms with Crippen molar-refractivity contribution in [3.05, 3.63) is 34.3 Å². The molecule has 2 nitrogen and oxygen atoms in total. The molecule has 3 atom stereocenters. The van der Waals surface area contributed by atoms with Crippen LogP contribution in [-0.2, 0) is 0 Å². The van der Waals surface area contributed by atoms with Gasteiger partial charge >= 0.3 is 0 Å². The maximum Gasteiger partial charge on any atom is 0.0474 e. The summed E-state index contributed by atoms with van der Waals surface area (Å²) in [5.74, 6) is 0.891. The highest BCUT2D eigenvalue weighted by molar-refractivity contribution is 6.31. The first-order valence-electron chi connectivity index (χ1n) is 8.42. The summed E-state index contributed by atoms with van der Waals surface area (Å²) in [6.45, 7) is 3.93. The van der Waals surface area contributed by atoms with Gasteiger partial charge in [0.05, 0.1) is 0 Å². The minimum Gasteiger partial charge on any atom is -0.329 e. The summed E-state index contributed by atoms with van der Waals surface area (Å²) >= 11 is 6.33. The van der Waals surface area contributed by atoms with E-state index in [9.17, 15) is 0 Å². The molecule has 0 aromatic heterocycles. The third kappa shape index (κ3) is 3.13. The van der Waals surface area contributed by atoms with Crippen LogP contribution in [0.4, 0.5) is 0 Å². The number of fused-ring (bicyclic) bond motifs is 1. The summed E-state index contributed by atoms with van der Waals surface area (Å²) in [5.41, 5.74) is 8.60. The number of nitrogens with two attached hydrogens (primary N) is 1. The van der Waals surface area contributed by atoms with E-state index in [2.05, 4.69) is 30.0 Å². The summed E-state index contributed by atoms with van der Waals surface area (Å²) in [4.78, 5) is 2.69. The fraction of sp³-hybridized carbons (Fsp3) is 0.667. The monoisotopic (exact) mass is 306 g/mol. The van der Waals surface area contributed by atoms with Crippen LogP contribution < -0.4 is 5.73 Å². The molecule has 1 saturated carbocycles. The molecule has 0 spiro atoms. The first-order chi connectivity index (χ1) is 10.2. The highest BCUT2D eigenvalue weighted by Gasteiger charge is 2.36. The van der Waals surface area contributed by atoms with Crippen molar-refractivity contribution in [2.75, 3.05) is 13.1 Å². The molecule has 2 aliphatic rings. The summed E-state index contributed by atoms with van der Waals surface area (Å²) in [6, 6.07) is 7.53. The van der Waals surface area contributed by atoms with Crippen LogP contribution in [0.3, 0.4) is 0 Å². The van der Waals surface area contributed by atoms with Crippen LogP contribution in [0.15, 0.2) is 18.2 Å². The molecule has 3 heteroatoms. The molecule has 1 aliphatic carbocycles. The second-order valence-electron chi connectivity index (χ2n) is 6.75. The van der Waals surface area contributed by atoms with Gasteiger partial charge in [-0.25, -0.2) is 0 Å². The largest absolute Gasteiger partial charge is 0.329 e. The molecular weight excluding hydrogens is 280 g/mol. The summed E-state index contributed by atoms with van der Waals surface area (Å²) in [7, 11) is 0. The molecule has 1 heterocycles. The van der Waals surface area contributed by atoms with Crippen molar-refractivity contribution < 1.29 is 0 Å². The van der Waals surface area contributed by atoms with Gasteiger partial charge in [0.15, 0.2) is 0 Å². The van der Waals surface area contributed by atoms with Gasteiger partial charge in [-0.05, 0) is 62.3 Å². The molecule has 2 fully saturated rings. The number of nitrogens with zero attached hydrogens (tertiary/aromatic N) is 1. The highest BCUT2D eigenvalue weighted by atomic mass is 35.5. The van der Waals surface area contributed by atoms with Gasteiger partial charge < -0.3 is 5.73 Å². The zero-order valence-electron chi connectivity index (χ0n) is 13.0. The number of hydrogen-bond acceptors (Lipinski definition) is 2. The molecule has 2 N–H and O–H groups in total. The number of rotatable bonds is 3. The number of aryl methyl sites for hydroxylation is 1. The van der Waals surface area contributed by atoms with Crippen molar-refractivity contribution in [1.29, 1.82) is 0 Å². The lowest BCUT2D eigenvalue weighted by Gasteiger charge is -2.47. The van der Waals surface area contributed by atoms with E-state index in [1.165, 1.54) is 50.6 Å². The molecule has 0 radical (unpaired) electrons. The van der Waals surface area contributed by atoms with E-state index in [1.807, 2.05) is 0 Å². The van der Waals surface area contributed by atoms with E-state index in [4.69, 9.17) is 17.3 Å². The minimum absolute atomic E-state index is 0.328. The zero-order valence-corrected chi connectivity index (χ0v) is 13.8. The first kappa shape index (κ1) is 15.3. The van der Waals surface area contributed by atoms with Crippen LogP contribution in [0, 0.1) is 12.8 Å². The Balaban J connectivity index is 1.85. The normalized spacial score (nSPS) is 28.1. The molecule has 1 saturated heterocycles. The Kier molecular flexibility index (Phi) is 4.88. The van der Waals surface area contributed by atoms with Crippen LogP contribution in [0.1, 0.15) is 55.7 Å². The molecule has 1 aliphatic heterocycles. The van der Waals surface area contributed by atoms with Crippen molar-refractivity contribution in [2.45, 2.75) is 57.5 Å². The Morgan fingerprint density at radius 2 is 2.00 bits per heavy atom. The van der Waals surface area contributed by atoms with Gasteiger partial charge in [0.25, 0.3) is 0 Å². The zero-order chi connectivity index (χ0) is 14.8. The van der Waals surface area contributed by atoms with E-state index in [0.717, 1.165) is 22.5 Å². The molecule has 0 amide bonds. The van der Waals surface area contributed by atoms with E-state index in [0.29, 0.717) is 12.6 Å². The van der Waals surface area contributed by atoms with Crippen molar-refractivity contribution in [2.24, 2.45) is 11.7 Å². The van der Waals surface area contributed by atoms with Gasteiger partial charge in [-0.3, -0.25) is 4.90 Å². The van der Waals surface area contributed by atoms with Crippen LogP contribution in [0.2, 0.25) is 5.02 Å². The highest BCUT2D eigenvalue weighted by Crippen LogP contribution is 2.39. The SMILES string of the molecule is Cc1ccc(C(CN)N2CCC[C@H]3CCCC[C@H]32)cc1Cl. The summed E-state index contributed by atoms with van der Waals surface area (Å²) in [5, 5.41) is 0.864. The number of likely N-dealkylation sites (tertiary alicyclic amines) is 1. The molecule has 1 aromatic carbocycles. The number of halogens is 1. The Morgan fingerprint density at radius 3 is 2.76 bits per heavy atom. The average molecular weight is 307 g/mol. The molecule has 1 aromatic rings. The van der Waals surface area contributed by atoms with Gasteiger partial charge in [0, 0.05) is 23.7 Å². The number of hydrogen-bond donors (Lipinski definition) is 1. The van der Waals surface area contributed by atoms with E-state index < -0.39 is 0 Å². The van der Waals surface area contributed by atoms with Crippen LogP contribution in [0.5, 0.6) is 0 Å². The first-order valence-corrected chi connectivity index (χ1v) is 8.80. The van der Waals surface area contributed by atoms with Gasteiger partial charge in [0.1, 0.15) is 0 Å². The summed E-state index contributed by atoms with van der Waals surface area (Å²) in [6.07, 6.45) is 8.28. The summed E-state index contributed by atoms with van der Waals surface area (Å²) < 4.78 is 0. The number of benzene rings is 1. The van der Waals surface area contributed by atoms with Gasteiger partial charge in [0.2, 0.25) is 0 Å². The second kappa shape index (κ2) is 6.68. The molecular formula is C18H27ClN2. The van der Waals surface area contributed by atoms with Crippen LogP contribution in [0.25, 0.3) is 0 Å². The Morgan fingerprint density at radius 1 is 1.24 bits per heavy atom. The van der Waals surface area contributed by atoms with Gasteiger partial charge in [-0.15, -0.1) is 0 Å². The Bertz CT molecular complexity index is 486. The average Bonchev–Trinajstić information content (AvgIpc) is 2.52. The van der Waals surface area contributed by atoms with Gasteiger partial charge in [-0.2, -0.15) is 0 Å². The quantitative estimate of drug-likeness (QED) is 0.902. The van der Waals surface area contributed by atoms with E-state index in [1.54, 1.807) is 0 Å². The third-order valence-electron chi connectivity index (χ3n) is 5.49. The molecule has 3 rings (SSSR count). The predicted octanol–water partition coefficient (Wildman–Crippen LogP) is 4.30. The van der Waals surface area contributed by atoms with Crippen molar-refractivity contribution in [3.63, 3.8) is 0 Å². The predicted molar refractivity (Wildman–Crippen MR) is 89.7 cm³/mol. The van der Waals surface area contributed by atoms with Crippen molar-refractivity contribution in [3.8, 4) is 0 Å². The molecule has 1 unspecified atom stereocenters. The topological polar surface area (TPSA) is 29.3 Å². The molecule has 21 heavy (non-hydrogen) atoms. The van der Waals surface area contributed by atoms with Crippen molar-refractivity contribution >= 4 is 11.6 Å². The smallest absolute Gasteiger partial charge is 0.0474 e. The van der Waals surface area contributed by atoms with Crippen molar-refractivity contribution in [1.82, 2.24) is 4.90 Å². The fourth-order valence-corrected chi connectivity index (χ4v) is 4.52. The Labute approximate surface area is 133 Å². The lowest BCUT2D eigenvalue weighted by molar-refractivity contribution is 0.0276. The van der Waals surface area contributed by atoms with Gasteiger partial charge in [-0.1, -0.05) is 36.6 Å². The Hall–Kier alpha value is -0.570. The number of piperidine rings is 1. The fourth-order valence-electron chi connectivity index (χ4n) is 4.33. The maximum atomic E-state index is 6.33.